The number of benzene rings is 2. The Morgan fingerprint density at radius 1 is 0.818 bits per heavy atom. The molecule has 0 heterocycles. The largest absolute Gasteiger partial charge is 0.297 e. The lowest BCUT2D eigenvalue weighted by Gasteiger charge is -2.07. The zero-order chi connectivity index (χ0) is 16.4. The van der Waals surface area contributed by atoms with Gasteiger partial charge in [-0.3, -0.25) is 4.18 Å². The molecule has 0 aromatic heterocycles. The van der Waals surface area contributed by atoms with E-state index in [0.717, 1.165) is 11.8 Å². The third-order valence-electron chi connectivity index (χ3n) is 3.04. The molecule has 2 rings (SSSR count). The Bertz CT molecular complexity index is 849. The van der Waals surface area contributed by atoms with Crippen molar-refractivity contribution in [2.45, 2.75) is 23.3 Å². The molecule has 0 saturated heterocycles. The Labute approximate surface area is 130 Å². The van der Waals surface area contributed by atoms with Crippen molar-refractivity contribution in [1.29, 1.82) is 0 Å². The Balaban J connectivity index is 2.10. The van der Waals surface area contributed by atoms with Gasteiger partial charge < -0.3 is 0 Å². The normalized spacial score (nSPS) is 12.3. The molecule has 0 amide bonds. The van der Waals surface area contributed by atoms with E-state index in [1.165, 1.54) is 36.4 Å². The number of sulfone groups is 1. The SMILES string of the molecule is Cc1ccc(S(=O)(=O)OCc2ccc(S(C)(=O)=O)cc2)cc1. The first kappa shape index (κ1) is 16.7. The van der Waals surface area contributed by atoms with E-state index in [1.807, 2.05) is 6.92 Å². The third-order valence-corrected chi connectivity index (χ3v) is 5.45. The number of hydrogen-bond acceptors (Lipinski definition) is 5. The zero-order valence-corrected chi connectivity index (χ0v) is 13.8. The molecule has 0 spiro atoms. The molecule has 0 aliphatic rings. The summed E-state index contributed by atoms with van der Waals surface area (Å²) in [7, 11) is -7.10. The lowest BCUT2D eigenvalue weighted by Crippen LogP contribution is -2.06. The highest BCUT2D eigenvalue weighted by Crippen LogP contribution is 2.16. The molecule has 2 aromatic carbocycles. The van der Waals surface area contributed by atoms with Crippen molar-refractivity contribution in [2.24, 2.45) is 0 Å². The second-order valence-corrected chi connectivity index (χ2v) is 8.58. The Kier molecular flexibility index (Phi) is 4.69. The van der Waals surface area contributed by atoms with Crippen molar-refractivity contribution in [3.8, 4) is 0 Å². The van der Waals surface area contributed by atoms with E-state index in [2.05, 4.69) is 0 Å². The maximum Gasteiger partial charge on any atom is 0.297 e. The lowest BCUT2D eigenvalue weighted by molar-refractivity contribution is 0.308. The van der Waals surface area contributed by atoms with Gasteiger partial charge >= 0.3 is 0 Å². The summed E-state index contributed by atoms with van der Waals surface area (Å²) in [5, 5.41) is 0. The molecule has 7 heteroatoms. The van der Waals surface area contributed by atoms with E-state index < -0.39 is 20.0 Å². The number of aryl methyl sites for hydroxylation is 1. The van der Waals surface area contributed by atoms with Crippen molar-refractivity contribution in [3.63, 3.8) is 0 Å². The van der Waals surface area contributed by atoms with Crippen LogP contribution in [0.1, 0.15) is 11.1 Å². The average Bonchev–Trinajstić information content (AvgIpc) is 2.45. The second kappa shape index (κ2) is 6.20. The fourth-order valence-electron chi connectivity index (χ4n) is 1.75. The summed E-state index contributed by atoms with van der Waals surface area (Å²) in [6.07, 6.45) is 1.11. The van der Waals surface area contributed by atoms with E-state index in [-0.39, 0.29) is 16.4 Å². The van der Waals surface area contributed by atoms with Gasteiger partial charge in [0, 0.05) is 6.26 Å². The summed E-state index contributed by atoms with van der Waals surface area (Å²) in [6, 6.07) is 12.3. The minimum atomic E-state index is -3.83. The fraction of sp³-hybridized carbons (Fsp3) is 0.200. The predicted octanol–water partition coefficient (Wildman–Crippen LogP) is 2.30. The van der Waals surface area contributed by atoms with Crippen LogP contribution in [0.25, 0.3) is 0 Å². The van der Waals surface area contributed by atoms with E-state index in [0.29, 0.717) is 5.56 Å². The smallest absolute Gasteiger partial charge is 0.262 e. The molecular weight excluding hydrogens is 324 g/mol. The first-order chi connectivity index (χ1) is 10.2. The standard InChI is InChI=1S/C15H16O5S2/c1-12-3-7-15(8-4-12)22(18,19)20-11-13-5-9-14(10-6-13)21(2,16)17/h3-10H,11H2,1-2H3. The summed E-state index contributed by atoms with van der Waals surface area (Å²) in [6.45, 7) is 1.71. The predicted molar refractivity (Wildman–Crippen MR) is 82.7 cm³/mol. The van der Waals surface area contributed by atoms with Crippen LogP contribution >= 0.6 is 0 Å². The quantitative estimate of drug-likeness (QED) is 0.781. The molecule has 0 fully saturated rings. The van der Waals surface area contributed by atoms with E-state index in [1.54, 1.807) is 12.1 Å². The van der Waals surface area contributed by atoms with Gasteiger partial charge in [-0.25, -0.2) is 8.42 Å². The third kappa shape index (κ3) is 4.16. The van der Waals surface area contributed by atoms with Crippen molar-refractivity contribution in [1.82, 2.24) is 0 Å². The fourth-order valence-corrected chi connectivity index (χ4v) is 3.28. The Hall–Kier alpha value is -1.70. The van der Waals surface area contributed by atoms with Gasteiger partial charge in [0.15, 0.2) is 9.84 Å². The highest BCUT2D eigenvalue weighted by molar-refractivity contribution is 7.90. The molecule has 0 N–H and O–H groups in total. The molecule has 0 unspecified atom stereocenters. The lowest BCUT2D eigenvalue weighted by atomic mass is 10.2. The number of rotatable bonds is 5. The van der Waals surface area contributed by atoms with Crippen LogP contribution in [0.2, 0.25) is 0 Å². The summed E-state index contributed by atoms with van der Waals surface area (Å²) in [4.78, 5) is 0.267. The first-order valence-electron chi connectivity index (χ1n) is 6.43. The van der Waals surface area contributed by atoms with E-state index in [9.17, 15) is 16.8 Å². The van der Waals surface area contributed by atoms with Crippen molar-refractivity contribution in [2.75, 3.05) is 6.26 Å². The average molecular weight is 340 g/mol. The molecule has 5 nitrogen and oxygen atoms in total. The van der Waals surface area contributed by atoms with Crippen LogP contribution in [0.3, 0.4) is 0 Å². The molecule has 0 bridgehead atoms. The minimum Gasteiger partial charge on any atom is -0.262 e. The van der Waals surface area contributed by atoms with Crippen molar-refractivity contribution in [3.05, 3.63) is 59.7 Å². The summed E-state index contributed by atoms with van der Waals surface area (Å²) < 4.78 is 51.7. The van der Waals surface area contributed by atoms with E-state index >= 15 is 0 Å². The Morgan fingerprint density at radius 2 is 1.32 bits per heavy atom. The van der Waals surface area contributed by atoms with Gasteiger partial charge in [-0.05, 0) is 36.8 Å². The zero-order valence-electron chi connectivity index (χ0n) is 12.2. The molecule has 0 atom stereocenters. The van der Waals surface area contributed by atoms with Gasteiger partial charge in [-0.15, -0.1) is 0 Å². The highest BCUT2D eigenvalue weighted by Gasteiger charge is 2.15. The van der Waals surface area contributed by atoms with Crippen LogP contribution < -0.4 is 0 Å². The van der Waals surface area contributed by atoms with Gasteiger partial charge in [-0.1, -0.05) is 29.8 Å². The summed E-state index contributed by atoms with van der Waals surface area (Å²) in [5.74, 6) is 0. The van der Waals surface area contributed by atoms with Crippen LogP contribution in [0, 0.1) is 6.92 Å². The Morgan fingerprint density at radius 3 is 1.82 bits per heavy atom. The van der Waals surface area contributed by atoms with Gasteiger partial charge in [0.25, 0.3) is 10.1 Å². The molecule has 2 aromatic rings. The highest BCUT2D eigenvalue weighted by atomic mass is 32.2. The number of hydrogen-bond donors (Lipinski definition) is 0. The molecule has 0 saturated carbocycles. The molecule has 22 heavy (non-hydrogen) atoms. The molecule has 118 valence electrons. The molecule has 0 radical (unpaired) electrons. The second-order valence-electron chi connectivity index (χ2n) is 4.95. The van der Waals surface area contributed by atoms with Gasteiger partial charge in [0.2, 0.25) is 0 Å². The van der Waals surface area contributed by atoms with E-state index in [4.69, 9.17) is 4.18 Å². The first-order valence-corrected chi connectivity index (χ1v) is 9.73. The minimum absolute atomic E-state index is 0.0888. The molecular formula is C15H16O5S2. The topological polar surface area (TPSA) is 77.5 Å². The van der Waals surface area contributed by atoms with Gasteiger partial charge in [0.1, 0.15) is 0 Å². The van der Waals surface area contributed by atoms with Crippen LogP contribution in [-0.2, 0) is 30.7 Å². The summed E-state index contributed by atoms with van der Waals surface area (Å²) in [5.41, 5.74) is 1.53. The molecule has 0 aliphatic heterocycles. The van der Waals surface area contributed by atoms with Crippen molar-refractivity contribution < 1.29 is 21.0 Å². The summed E-state index contributed by atoms with van der Waals surface area (Å²) >= 11 is 0. The maximum atomic E-state index is 12.0. The monoisotopic (exact) mass is 340 g/mol. The van der Waals surface area contributed by atoms with Gasteiger partial charge in [-0.2, -0.15) is 8.42 Å². The maximum absolute atomic E-state index is 12.0. The van der Waals surface area contributed by atoms with Crippen LogP contribution in [-0.4, -0.2) is 23.1 Å². The van der Waals surface area contributed by atoms with Gasteiger partial charge in [0.05, 0.1) is 16.4 Å². The van der Waals surface area contributed by atoms with Crippen molar-refractivity contribution >= 4 is 20.0 Å². The van der Waals surface area contributed by atoms with Crippen LogP contribution in [0.5, 0.6) is 0 Å². The molecule has 0 aliphatic carbocycles. The van der Waals surface area contributed by atoms with Crippen LogP contribution in [0.4, 0.5) is 0 Å². The van der Waals surface area contributed by atoms with Crippen LogP contribution in [0.15, 0.2) is 58.3 Å².